The first-order valence-corrected chi connectivity index (χ1v) is 7.81. The van der Waals surface area contributed by atoms with Crippen LogP contribution in [0.1, 0.15) is 0 Å². The molecule has 1 aliphatic heterocycles. The predicted molar refractivity (Wildman–Crippen MR) is 90.2 cm³/mol. The van der Waals surface area contributed by atoms with Crippen molar-refractivity contribution in [2.24, 2.45) is 0 Å². The summed E-state index contributed by atoms with van der Waals surface area (Å²) < 4.78 is 15.8. The van der Waals surface area contributed by atoms with E-state index in [4.69, 9.17) is 26.4 Å². The van der Waals surface area contributed by atoms with Crippen molar-refractivity contribution in [3.05, 3.63) is 18.2 Å². The van der Waals surface area contributed by atoms with Gasteiger partial charge in [-0.3, -0.25) is 0 Å². The maximum Gasteiger partial charge on any atom is 0.170 e. The first kappa shape index (κ1) is 16.8. The van der Waals surface area contributed by atoms with Gasteiger partial charge < -0.3 is 29.7 Å². The monoisotopic (exact) mass is 326 g/mol. The summed E-state index contributed by atoms with van der Waals surface area (Å²) in [6.45, 7) is 5.70. The van der Waals surface area contributed by atoms with Gasteiger partial charge in [0.25, 0.3) is 0 Å². The lowest BCUT2D eigenvalue weighted by Gasteiger charge is -2.24. The molecule has 2 rings (SSSR count). The van der Waals surface area contributed by atoms with Crippen LogP contribution < -0.4 is 25.0 Å². The molecule has 0 aromatic heterocycles. The lowest BCUT2D eigenvalue weighted by Crippen LogP contribution is -3.14. The highest BCUT2D eigenvalue weighted by Crippen LogP contribution is 2.25. The maximum atomic E-state index is 5.35. The Kier molecular flexibility index (Phi) is 6.70. The maximum absolute atomic E-state index is 5.35. The highest BCUT2D eigenvalue weighted by Gasteiger charge is 2.13. The van der Waals surface area contributed by atoms with Crippen molar-refractivity contribution in [2.45, 2.75) is 0 Å². The molecule has 0 bridgehead atoms. The average molecular weight is 326 g/mol. The highest BCUT2D eigenvalue weighted by atomic mass is 32.1. The standard InChI is InChI=1S/C15H23N3O3S/c1-19-13-9-12(10-14(11-13)20-2)17-15(22)16-3-4-18-5-7-21-8-6-18/h9-11H,3-8H2,1-2H3,(H2,16,17,22)/p+1. The highest BCUT2D eigenvalue weighted by molar-refractivity contribution is 7.80. The van der Waals surface area contributed by atoms with Crippen LogP contribution in [0, 0.1) is 0 Å². The smallest absolute Gasteiger partial charge is 0.170 e. The quantitative estimate of drug-likeness (QED) is 0.635. The van der Waals surface area contributed by atoms with E-state index in [0.717, 1.165) is 56.6 Å². The summed E-state index contributed by atoms with van der Waals surface area (Å²) in [5.74, 6) is 1.45. The van der Waals surface area contributed by atoms with E-state index in [0.29, 0.717) is 5.11 Å². The van der Waals surface area contributed by atoms with Gasteiger partial charge in [-0.2, -0.15) is 0 Å². The molecule has 0 saturated carbocycles. The predicted octanol–water partition coefficient (Wildman–Crippen LogP) is -0.0947. The number of morpholine rings is 1. The van der Waals surface area contributed by atoms with Crippen LogP contribution in [0.2, 0.25) is 0 Å². The van der Waals surface area contributed by atoms with Crippen LogP contribution in [0.25, 0.3) is 0 Å². The Balaban J connectivity index is 1.78. The molecule has 0 aliphatic carbocycles. The lowest BCUT2D eigenvalue weighted by molar-refractivity contribution is -0.906. The van der Waals surface area contributed by atoms with E-state index in [9.17, 15) is 0 Å². The van der Waals surface area contributed by atoms with E-state index >= 15 is 0 Å². The third-order valence-corrected chi connectivity index (χ3v) is 3.82. The molecule has 0 atom stereocenters. The van der Waals surface area contributed by atoms with Crippen LogP contribution in [-0.4, -0.2) is 58.7 Å². The van der Waals surface area contributed by atoms with Gasteiger partial charge in [-0.05, 0) is 12.2 Å². The van der Waals surface area contributed by atoms with Gasteiger partial charge in [0, 0.05) is 23.9 Å². The van der Waals surface area contributed by atoms with Crippen molar-refractivity contribution < 1.29 is 19.1 Å². The fourth-order valence-electron chi connectivity index (χ4n) is 2.32. The first-order chi connectivity index (χ1) is 10.7. The van der Waals surface area contributed by atoms with Gasteiger partial charge in [-0.15, -0.1) is 0 Å². The van der Waals surface area contributed by atoms with E-state index in [1.165, 1.54) is 0 Å². The molecule has 0 radical (unpaired) electrons. The number of hydrogen-bond donors (Lipinski definition) is 3. The van der Waals surface area contributed by atoms with E-state index < -0.39 is 0 Å². The number of nitrogens with one attached hydrogen (secondary N) is 3. The second kappa shape index (κ2) is 8.77. The molecule has 1 aliphatic rings. The van der Waals surface area contributed by atoms with Crippen molar-refractivity contribution in [1.82, 2.24) is 5.32 Å². The zero-order valence-corrected chi connectivity index (χ0v) is 13.9. The lowest BCUT2D eigenvalue weighted by atomic mass is 10.3. The Labute approximate surface area is 136 Å². The van der Waals surface area contributed by atoms with Gasteiger partial charge in [0.1, 0.15) is 24.6 Å². The van der Waals surface area contributed by atoms with Gasteiger partial charge in [0.2, 0.25) is 0 Å². The SMILES string of the molecule is COc1cc(NC(=S)NCC[NH+]2CCOCC2)cc(OC)c1. The summed E-state index contributed by atoms with van der Waals surface area (Å²) in [4.78, 5) is 1.55. The zero-order chi connectivity index (χ0) is 15.8. The molecule has 122 valence electrons. The number of thiocarbonyl (C=S) groups is 1. The Morgan fingerprint density at radius 2 is 1.82 bits per heavy atom. The third-order valence-electron chi connectivity index (χ3n) is 3.57. The summed E-state index contributed by atoms with van der Waals surface area (Å²) >= 11 is 5.32. The second-order valence-electron chi connectivity index (χ2n) is 5.09. The minimum Gasteiger partial charge on any atom is -0.497 e. The largest absolute Gasteiger partial charge is 0.497 e. The number of hydrogen-bond acceptors (Lipinski definition) is 4. The Bertz CT molecular complexity index is 471. The van der Waals surface area contributed by atoms with Crippen molar-refractivity contribution in [3.8, 4) is 11.5 Å². The van der Waals surface area contributed by atoms with Gasteiger partial charge >= 0.3 is 0 Å². The third kappa shape index (κ3) is 5.32. The summed E-state index contributed by atoms with van der Waals surface area (Å²) in [6.07, 6.45) is 0. The van der Waals surface area contributed by atoms with E-state index in [1.807, 2.05) is 18.2 Å². The van der Waals surface area contributed by atoms with Crippen LogP contribution in [0.3, 0.4) is 0 Å². The Morgan fingerprint density at radius 3 is 2.41 bits per heavy atom. The number of rotatable bonds is 6. The number of benzene rings is 1. The Morgan fingerprint density at radius 1 is 1.18 bits per heavy atom. The van der Waals surface area contributed by atoms with E-state index in [1.54, 1.807) is 19.1 Å². The first-order valence-electron chi connectivity index (χ1n) is 7.40. The summed E-state index contributed by atoms with van der Waals surface area (Å²) in [5.41, 5.74) is 0.840. The molecule has 0 spiro atoms. The van der Waals surface area contributed by atoms with Gasteiger partial charge in [0.15, 0.2) is 5.11 Å². The van der Waals surface area contributed by atoms with Gasteiger partial charge in [-0.25, -0.2) is 0 Å². The second-order valence-corrected chi connectivity index (χ2v) is 5.50. The molecule has 1 saturated heterocycles. The summed E-state index contributed by atoms with van der Waals surface area (Å²) in [6, 6.07) is 5.58. The molecular formula is C15H24N3O3S+. The van der Waals surface area contributed by atoms with E-state index in [2.05, 4.69) is 10.6 Å². The summed E-state index contributed by atoms with van der Waals surface area (Å²) in [7, 11) is 3.25. The molecule has 3 N–H and O–H groups in total. The van der Waals surface area contributed by atoms with Crippen LogP contribution in [0.15, 0.2) is 18.2 Å². The molecule has 22 heavy (non-hydrogen) atoms. The van der Waals surface area contributed by atoms with Crippen LogP contribution in [-0.2, 0) is 4.74 Å². The van der Waals surface area contributed by atoms with Crippen molar-refractivity contribution in [3.63, 3.8) is 0 Å². The minimum atomic E-state index is 0.600. The van der Waals surface area contributed by atoms with Crippen LogP contribution >= 0.6 is 12.2 Å². The molecule has 1 aromatic rings. The number of ether oxygens (including phenoxy) is 3. The van der Waals surface area contributed by atoms with Crippen molar-refractivity contribution in [2.75, 3.05) is 58.9 Å². The molecule has 1 fully saturated rings. The van der Waals surface area contributed by atoms with Crippen LogP contribution in [0.5, 0.6) is 11.5 Å². The normalized spacial score (nSPS) is 15.2. The number of quaternary nitrogens is 1. The molecule has 7 heteroatoms. The number of methoxy groups -OCH3 is 2. The Hall–Kier alpha value is -1.57. The van der Waals surface area contributed by atoms with Gasteiger partial charge in [0.05, 0.1) is 40.5 Å². The zero-order valence-electron chi connectivity index (χ0n) is 13.1. The molecule has 0 amide bonds. The van der Waals surface area contributed by atoms with Crippen LogP contribution in [0.4, 0.5) is 5.69 Å². The summed E-state index contributed by atoms with van der Waals surface area (Å²) in [5, 5.41) is 6.99. The average Bonchev–Trinajstić information content (AvgIpc) is 2.55. The minimum absolute atomic E-state index is 0.600. The molecule has 1 heterocycles. The van der Waals surface area contributed by atoms with Crippen molar-refractivity contribution in [1.29, 1.82) is 0 Å². The van der Waals surface area contributed by atoms with E-state index in [-0.39, 0.29) is 0 Å². The molecule has 1 aromatic carbocycles. The van der Waals surface area contributed by atoms with Gasteiger partial charge in [-0.1, -0.05) is 0 Å². The fourth-order valence-corrected chi connectivity index (χ4v) is 2.54. The fraction of sp³-hybridized carbons (Fsp3) is 0.533. The van der Waals surface area contributed by atoms with Crippen molar-refractivity contribution >= 4 is 23.0 Å². The molecule has 0 unspecified atom stereocenters. The molecular weight excluding hydrogens is 302 g/mol. The molecule has 6 nitrogen and oxygen atoms in total. The number of anilines is 1. The topological polar surface area (TPSA) is 56.2 Å².